The zero-order valence-corrected chi connectivity index (χ0v) is 19.2. The number of amides is 2. The molecule has 8 nitrogen and oxygen atoms in total. The van der Waals surface area contributed by atoms with E-state index in [9.17, 15) is 9.59 Å². The molecule has 8 heteroatoms. The van der Waals surface area contributed by atoms with Crippen LogP contribution in [-0.2, 0) is 30.9 Å². The van der Waals surface area contributed by atoms with Crippen LogP contribution in [0.1, 0.15) is 49.2 Å². The lowest BCUT2D eigenvalue weighted by molar-refractivity contribution is 0.0729. The van der Waals surface area contributed by atoms with Crippen molar-refractivity contribution in [2.24, 2.45) is 0 Å². The van der Waals surface area contributed by atoms with Crippen LogP contribution in [0.15, 0.2) is 53.1 Å². The summed E-state index contributed by atoms with van der Waals surface area (Å²) in [7, 11) is 1.57. The van der Waals surface area contributed by atoms with Crippen molar-refractivity contribution in [3.63, 3.8) is 0 Å². The minimum absolute atomic E-state index is 0.0260. The van der Waals surface area contributed by atoms with Gasteiger partial charge in [0.1, 0.15) is 18.1 Å². The fourth-order valence-electron chi connectivity index (χ4n) is 4.46. The number of fused-ring (bicyclic) bond motifs is 2. The number of aromatic amines is 1. The number of hydrogen-bond donors (Lipinski definition) is 2. The Morgan fingerprint density at radius 1 is 1.24 bits per heavy atom. The van der Waals surface area contributed by atoms with Gasteiger partial charge in [-0.05, 0) is 54.3 Å². The largest absolute Gasteiger partial charge is 0.453 e. The second kappa shape index (κ2) is 9.15. The van der Waals surface area contributed by atoms with Gasteiger partial charge in [0.05, 0.1) is 0 Å². The molecule has 174 valence electrons. The fraction of sp³-hybridized carbons (Fsp3) is 0.269. The van der Waals surface area contributed by atoms with Crippen molar-refractivity contribution in [2.75, 3.05) is 13.7 Å². The van der Waals surface area contributed by atoms with Crippen molar-refractivity contribution in [1.82, 2.24) is 20.2 Å². The molecule has 0 spiro atoms. The highest BCUT2D eigenvalue weighted by atomic mass is 16.5. The third-order valence-electron chi connectivity index (χ3n) is 6.24. The van der Waals surface area contributed by atoms with Gasteiger partial charge in [-0.15, -0.1) is 0 Å². The summed E-state index contributed by atoms with van der Waals surface area (Å²) in [5.74, 6) is 0.535. The lowest BCUT2D eigenvalue weighted by Crippen LogP contribution is -2.37. The molecule has 4 aromatic rings. The Labute approximate surface area is 196 Å². The normalized spacial score (nSPS) is 13.2. The quantitative estimate of drug-likeness (QED) is 0.459. The molecule has 0 atom stereocenters. The smallest absolute Gasteiger partial charge is 0.287 e. The van der Waals surface area contributed by atoms with Gasteiger partial charge in [0.2, 0.25) is 0 Å². The second-order valence-corrected chi connectivity index (χ2v) is 8.45. The molecule has 1 aliphatic rings. The van der Waals surface area contributed by atoms with Crippen molar-refractivity contribution in [1.29, 1.82) is 0 Å². The molecule has 3 aromatic heterocycles. The Bertz CT molecular complexity index is 1340. The van der Waals surface area contributed by atoms with Gasteiger partial charge in [-0.2, -0.15) is 0 Å². The standard InChI is InChI=1S/C26H26N4O4/c1-16-21(13-28-25(31)24-8-7-19(34-24)15-33-2)20-9-10-30(14-18(20)12-27-16)26(32)23-11-17-5-3-4-6-22(17)29-23/h3-8,11-12,29H,9-10,13-15H2,1-2H3,(H,28,31). The molecular formula is C26H26N4O4. The van der Waals surface area contributed by atoms with Crippen molar-refractivity contribution in [2.45, 2.75) is 33.0 Å². The summed E-state index contributed by atoms with van der Waals surface area (Å²) in [6, 6.07) is 13.1. The number of benzene rings is 1. The molecule has 0 radical (unpaired) electrons. The minimum Gasteiger partial charge on any atom is -0.453 e. The molecule has 34 heavy (non-hydrogen) atoms. The predicted molar refractivity (Wildman–Crippen MR) is 126 cm³/mol. The summed E-state index contributed by atoms with van der Waals surface area (Å²) >= 11 is 0. The van der Waals surface area contributed by atoms with Crippen LogP contribution in [0.25, 0.3) is 10.9 Å². The second-order valence-electron chi connectivity index (χ2n) is 8.45. The highest BCUT2D eigenvalue weighted by Crippen LogP contribution is 2.26. The Morgan fingerprint density at radius 2 is 2.09 bits per heavy atom. The highest BCUT2D eigenvalue weighted by Gasteiger charge is 2.26. The number of nitrogens with one attached hydrogen (secondary N) is 2. The average Bonchev–Trinajstić information content (AvgIpc) is 3.50. The molecule has 2 amide bonds. The van der Waals surface area contributed by atoms with Crippen molar-refractivity contribution >= 4 is 22.7 Å². The van der Waals surface area contributed by atoms with Crippen LogP contribution in [0.4, 0.5) is 0 Å². The maximum Gasteiger partial charge on any atom is 0.287 e. The van der Waals surface area contributed by atoms with Crippen LogP contribution in [0.5, 0.6) is 0 Å². The van der Waals surface area contributed by atoms with Crippen molar-refractivity contribution in [3.8, 4) is 0 Å². The van der Waals surface area contributed by atoms with E-state index in [2.05, 4.69) is 15.3 Å². The van der Waals surface area contributed by atoms with Gasteiger partial charge in [-0.25, -0.2) is 0 Å². The molecule has 0 fully saturated rings. The van der Waals surface area contributed by atoms with E-state index >= 15 is 0 Å². The van der Waals surface area contributed by atoms with Crippen LogP contribution >= 0.6 is 0 Å². The molecule has 0 aliphatic carbocycles. The first-order valence-electron chi connectivity index (χ1n) is 11.2. The number of rotatable bonds is 6. The number of hydrogen-bond acceptors (Lipinski definition) is 5. The molecule has 2 N–H and O–H groups in total. The first-order chi connectivity index (χ1) is 16.5. The van der Waals surface area contributed by atoms with E-state index in [0.29, 0.717) is 44.1 Å². The zero-order chi connectivity index (χ0) is 23.7. The van der Waals surface area contributed by atoms with E-state index in [-0.39, 0.29) is 17.6 Å². The van der Waals surface area contributed by atoms with Crippen LogP contribution in [0.3, 0.4) is 0 Å². The Morgan fingerprint density at radius 3 is 2.91 bits per heavy atom. The molecule has 1 aromatic carbocycles. The molecular weight excluding hydrogens is 432 g/mol. The zero-order valence-electron chi connectivity index (χ0n) is 19.2. The summed E-state index contributed by atoms with van der Waals surface area (Å²) in [5, 5.41) is 3.96. The summed E-state index contributed by atoms with van der Waals surface area (Å²) in [4.78, 5) is 35.3. The number of nitrogens with zero attached hydrogens (tertiary/aromatic N) is 2. The number of ether oxygens (including phenoxy) is 1. The average molecular weight is 459 g/mol. The van der Waals surface area contributed by atoms with E-state index in [1.54, 1.807) is 19.2 Å². The molecule has 1 aliphatic heterocycles. The predicted octanol–water partition coefficient (Wildman–Crippen LogP) is 3.74. The molecule has 0 bridgehead atoms. The molecule has 0 unspecified atom stereocenters. The number of pyridine rings is 1. The van der Waals surface area contributed by atoms with E-state index in [1.807, 2.05) is 48.4 Å². The van der Waals surface area contributed by atoms with Gasteiger partial charge in [0.25, 0.3) is 11.8 Å². The number of H-pyrrole nitrogens is 1. The topological polar surface area (TPSA) is 100 Å². The maximum absolute atomic E-state index is 13.1. The van der Waals surface area contributed by atoms with Gasteiger partial charge >= 0.3 is 0 Å². The Hall–Kier alpha value is -3.91. The van der Waals surface area contributed by atoms with E-state index in [4.69, 9.17) is 9.15 Å². The monoisotopic (exact) mass is 458 g/mol. The summed E-state index contributed by atoms with van der Waals surface area (Å²) in [6.07, 6.45) is 2.54. The Balaban J connectivity index is 1.30. The molecule has 5 rings (SSSR count). The first-order valence-corrected chi connectivity index (χ1v) is 11.2. The summed E-state index contributed by atoms with van der Waals surface area (Å²) in [5.41, 5.74) is 5.55. The van der Waals surface area contributed by atoms with Crippen LogP contribution in [-0.4, -0.2) is 40.3 Å². The number of aromatic nitrogens is 2. The lowest BCUT2D eigenvalue weighted by Gasteiger charge is -2.30. The maximum atomic E-state index is 13.1. The van der Waals surface area contributed by atoms with Gasteiger partial charge < -0.3 is 24.4 Å². The first kappa shape index (κ1) is 21.9. The number of carbonyl (C=O) groups excluding carboxylic acids is 2. The van der Waals surface area contributed by atoms with Gasteiger partial charge in [0, 0.05) is 49.5 Å². The third-order valence-corrected chi connectivity index (χ3v) is 6.24. The van der Waals surface area contributed by atoms with E-state index < -0.39 is 0 Å². The highest BCUT2D eigenvalue weighted by molar-refractivity contribution is 5.98. The van der Waals surface area contributed by atoms with Gasteiger partial charge in [-0.1, -0.05) is 18.2 Å². The van der Waals surface area contributed by atoms with Crippen LogP contribution in [0, 0.1) is 6.92 Å². The van der Waals surface area contributed by atoms with Gasteiger partial charge in [0.15, 0.2) is 5.76 Å². The van der Waals surface area contributed by atoms with Crippen molar-refractivity contribution < 1.29 is 18.7 Å². The number of methoxy groups -OCH3 is 1. The Kier molecular flexibility index (Phi) is 5.90. The number of carbonyl (C=O) groups is 2. The molecule has 4 heterocycles. The number of furan rings is 1. The lowest BCUT2D eigenvalue weighted by atomic mass is 9.94. The third kappa shape index (κ3) is 4.20. The van der Waals surface area contributed by atoms with Crippen LogP contribution < -0.4 is 5.32 Å². The minimum atomic E-state index is -0.286. The number of para-hydroxylation sites is 1. The van der Waals surface area contributed by atoms with Crippen LogP contribution in [0.2, 0.25) is 0 Å². The molecule has 0 saturated heterocycles. The fourth-order valence-corrected chi connectivity index (χ4v) is 4.46. The molecule has 0 saturated carbocycles. The number of aryl methyl sites for hydroxylation is 1. The summed E-state index contributed by atoms with van der Waals surface area (Å²) < 4.78 is 10.6. The summed E-state index contributed by atoms with van der Waals surface area (Å²) in [6.45, 7) is 3.68. The van der Waals surface area contributed by atoms with Gasteiger partial charge in [-0.3, -0.25) is 14.6 Å². The van der Waals surface area contributed by atoms with E-state index in [1.165, 1.54) is 0 Å². The van der Waals surface area contributed by atoms with Crippen molar-refractivity contribution in [3.05, 3.63) is 88.3 Å². The SMILES string of the molecule is COCc1ccc(C(=O)NCc2c(C)ncc3c2CCN(C(=O)c2cc4ccccc4[nH]2)C3)o1. The van der Waals surface area contributed by atoms with E-state index in [0.717, 1.165) is 33.3 Å².